The summed E-state index contributed by atoms with van der Waals surface area (Å²) in [5, 5.41) is 2.71. The summed E-state index contributed by atoms with van der Waals surface area (Å²) < 4.78 is 26.5. The number of hydrogen-bond acceptors (Lipinski definition) is 3. The lowest BCUT2D eigenvalue weighted by atomic mass is 9.95. The highest BCUT2D eigenvalue weighted by Crippen LogP contribution is 2.13. The molecule has 0 radical (unpaired) electrons. The molecule has 0 unspecified atom stereocenters. The van der Waals surface area contributed by atoms with Gasteiger partial charge < -0.3 is 5.32 Å². The van der Waals surface area contributed by atoms with Crippen LogP contribution >= 0.6 is 0 Å². The summed E-state index contributed by atoms with van der Waals surface area (Å²) in [5.74, 6) is 0. The fourth-order valence-corrected chi connectivity index (χ4v) is 3.29. The number of sulfonamides is 1. The molecule has 0 aliphatic carbocycles. The first-order chi connectivity index (χ1) is 11.2. The average molecular weight is 346 g/mol. The van der Waals surface area contributed by atoms with Gasteiger partial charge in [-0.05, 0) is 44.9 Å². The van der Waals surface area contributed by atoms with Gasteiger partial charge in [-0.25, -0.2) is 17.9 Å². The molecule has 2 aromatic carbocycles. The summed E-state index contributed by atoms with van der Waals surface area (Å²) >= 11 is 0. The third-order valence-corrected chi connectivity index (χ3v) is 4.85. The summed E-state index contributed by atoms with van der Waals surface area (Å²) in [7, 11) is -3.88. The van der Waals surface area contributed by atoms with Crippen molar-refractivity contribution in [3.63, 3.8) is 0 Å². The van der Waals surface area contributed by atoms with E-state index in [1.54, 1.807) is 12.1 Å². The second-order valence-corrected chi connectivity index (χ2v) is 8.10. The SMILES string of the molecule is Cc1ccc(S(=O)(=O)NC(=O)NC(C)(C)Cc2ccccc2)cc1. The number of rotatable bonds is 5. The Morgan fingerprint density at radius 1 is 1.00 bits per heavy atom. The quantitative estimate of drug-likeness (QED) is 0.874. The van der Waals surface area contributed by atoms with Crippen LogP contribution in [0.1, 0.15) is 25.0 Å². The summed E-state index contributed by atoms with van der Waals surface area (Å²) in [4.78, 5) is 12.2. The number of nitrogens with one attached hydrogen (secondary N) is 2. The van der Waals surface area contributed by atoms with Gasteiger partial charge in [0.25, 0.3) is 10.0 Å². The molecule has 2 N–H and O–H groups in total. The summed E-state index contributed by atoms with van der Waals surface area (Å²) in [5.41, 5.74) is 1.42. The van der Waals surface area contributed by atoms with E-state index in [0.29, 0.717) is 6.42 Å². The van der Waals surface area contributed by atoms with Crippen LogP contribution in [0.2, 0.25) is 0 Å². The van der Waals surface area contributed by atoms with Crippen LogP contribution in [0, 0.1) is 6.92 Å². The second kappa shape index (κ2) is 7.05. The molecule has 2 aromatic rings. The van der Waals surface area contributed by atoms with E-state index in [4.69, 9.17) is 0 Å². The minimum atomic E-state index is -3.88. The molecule has 0 fully saturated rings. The molecule has 0 atom stereocenters. The first-order valence-corrected chi connectivity index (χ1v) is 9.12. The van der Waals surface area contributed by atoms with E-state index in [1.165, 1.54) is 12.1 Å². The van der Waals surface area contributed by atoms with Crippen LogP contribution in [0.3, 0.4) is 0 Å². The van der Waals surface area contributed by atoms with E-state index in [-0.39, 0.29) is 4.90 Å². The van der Waals surface area contributed by atoms with E-state index in [1.807, 2.05) is 51.1 Å². The van der Waals surface area contributed by atoms with Gasteiger partial charge in [-0.3, -0.25) is 0 Å². The number of carbonyl (C=O) groups excluding carboxylic acids is 1. The summed E-state index contributed by atoms with van der Waals surface area (Å²) in [6, 6.07) is 15.3. The van der Waals surface area contributed by atoms with Gasteiger partial charge in [0.2, 0.25) is 0 Å². The Morgan fingerprint density at radius 2 is 1.58 bits per heavy atom. The molecule has 2 amide bonds. The van der Waals surface area contributed by atoms with Crippen LogP contribution in [0.5, 0.6) is 0 Å². The van der Waals surface area contributed by atoms with E-state index >= 15 is 0 Å². The first-order valence-electron chi connectivity index (χ1n) is 7.63. The highest BCUT2D eigenvalue weighted by molar-refractivity contribution is 7.90. The Bertz CT molecular complexity index is 798. The van der Waals surface area contributed by atoms with Gasteiger partial charge in [0.1, 0.15) is 0 Å². The molecule has 128 valence electrons. The van der Waals surface area contributed by atoms with E-state index < -0.39 is 21.6 Å². The zero-order valence-corrected chi connectivity index (χ0v) is 14.9. The number of carbonyl (C=O) groups is 1. The third-order valence-electron chi connectivity index (χ3n) is 3.50. The minimum absolute atomic E-state index is 0.0594. The van der Waals surface area contributed by atoms with E-state index in [0.717, 1.165) is 11.1 Å². The second-order valence-electron chi connectivity index (χ2n) is 6.42. The molecule has 6 heteroatoms. The molecular weight excluding hydrogens is 324 g/mol. The van der Waals surface area contributed by atoms with Gasteiger partial charge in [-0.1, -0.05) is 48.0 Å². The van der Waals surface area contributed by atoms with Crippen LogP contribution in [0.15, 0.2) is 59.5 Å². The van der Waals surface area contributed by atoms with Gasteiger partial charge in [-0.15, -0.1) is 0 Å². The van der Waals surface area contributed by atoms with Gasteiger partial charge >= 0.3 is 6.03 Å². The van der Waals surface area contributed by atoms with Crippen LogP contribution in [-0.4, -0.2) is 20.0 Å². The van der Waals surface area contributed by atoms with E-state index in [2.05, 4.69) is 10.0 Å². The summed E-state index contributed by atoms with van der Waals surface area (Å²) in [6.45, 7) is 5.55. The normalized spacial score (nSPS) is 11.8. The molecule has 0 aromatic heterocycles. The zero-order valence-electron chi connectivity index (χ0n) is 14.0. The highest BCUT2D eigenvalue weighted by atomic mass is 32.2. The maximum atomic E-state index is 12.2. The molecule has 0 aliphatic rings. The molecule has 2 rings (SSSR count). The Balaban J connectivity index is 2.02. The predicted octanol–water partition coefficient (Wildman–Crippen LogP) is 3.00. The van der Waals surface area contributed by atoms with Crippen LogP contribution in [0.25, 0.3) is 0 Å². The first kappa shape index (κ1) is 18.0. The van der Waals surface area contributed by atoms with E-state index in [9.17, 15) is 13.2 Å². The summed E-state index contributed by atoms with van der Waals surface area (Å²) in [6.07, 6.45) is 0.589. The average Bonchev–Trinajstić information content (AvgIpc) is 2.46. The standard InChI is InChI=1S/C18H22N2O3S/c1-14-9-11-16(12-10-14)24(22,23)20-17(21)19-18(2,3)13-15-7-5-4-6-8-15/h4-12H,13H2,1-3H3,(H2,19,20,21). The lowest BCUT2D eigenvalue weighted by Gasteiger charge is -2.26. The lowest BCUT2D eigenvalue weighted by Crippen LogP contribution is -2.50. The molecule has 0 saturated heterocycles. The van der Waals surface area contributed by atoms with Gasteiger partial charge in [0.05, 0.1) is 4.90 Å². The number of benzene rings is 2. The Morgan fingerprint density at radius 3 is 2.17 bits per heavy atom. The zero-order chi connectivity index (χ0) is 17.8. The van der Waals surface area contributed by atoms with Crippen molar-refractivity contribution in [2.24, 2.45) is 0 Å². The number of amides is 2. The maximum absolute atomic E-state index is 12.2. The van der Waals surface area contributed by atoms with Crippen molar-refractivity contribution in [1.82, 2.24) is 10.0 Å². The predicted molar refractivity (Wildman–Crippen MR) is 94.3 cm³/mol. The molecule has 0 heterocycles. The topological polar surface area (TPSA) is 75.3 Å². The van der Waals surface area contributed by atoms with Crippen molar-refractivity contribution in [3.8, 4) is 0 Å². The monoisotopic (exact) mass is 346 g/mol. The van der Waals surface area contributed by atoms with Gasteiger partial charge in [0, 0.05) is 5.54 Å². The fourth-order valence-electron chi connectivity index (χ4n) is 2.38. The molecule has 0 bridgehead atoms. The van der Waals surface area contributed by atoms with Crippen molar-refractivity contribution < 1.29 is 13.2 Å². The van der Waals surface area contributed by atoms with Crippen molar-refractivity contribution in [1.29, 1.82) is 0 Å². The van der Waals surface area contributed by atoms with Crippen molar-refractivity contribution in [3.05, 3.63) is 65.7 Å². The number of hydrogen-bond donors (Lipinski definition) is 2. The van der Waals surface area contributed by atoms with Crippen LogP contribution in [0.4, 0.5) is 4.79 Å². The largest absolute Gasteiger partial charge is 0.332 e. The molecule has 0 saturated carbocycles. The lowest BCUT2D eigenvalue weighted by molar-refractivity contribution is 0.235. The van der Waals surface area contributed by atoms with Crippen molar-refractivity contribution in [2.75, 3.05) is 0 Å². The number of aryl methyl sites for hydroxylation is 1. The van der Waals surface area contributed by atoms with Gasteiger partial charge in [0.15, 0.2) is 0 Å². The Hall–Kier alpha value is -2.34. The molecular formula is C18H22N2O3S. The molecule has 0 spiro atoms. The Kier molecular flexibility index (Phi) is 5.29. The van der Waals surface area contributed by atoms with Gasteiger partial charge in [-0.2, -0.15) is 0 Å². The smallest absolute Gasteiger partial charge is 0.329 e. The molecule has 24 heavy (non-hydrogen) atoms. The van der Waals surface area contributed by atoms with Crippen LogP contribution in [-0.2, 0) is 16.4 Å². The molecule has 5 nitrogen and oxygen atoms in total. The number of urea groups is 1. The van der Waals surface area contributed by atoms with Crippen molar-refractivity contribution >= 4 is 16.1 Å². The highest BCUT2D eigenvalue weighted by Gasteiger charge is 2.24. The van der Waals surface area contributed by atoms with Crippen LogP contribution < -0.4 is 10.0 Å². The van der Waals surface area contributed by atoms with Crippen molar-refractivity contribution in [2.45, 2.75) is 37.6 Å². The maximum Gasteiger partial charge on any atom is 0.329 e. The fraction of sp³-hybridized carbons (Fsp3) is 0.278. The minimum Gasteiger partial charge on any atom is -0.332 e. The third kappa shape index (κ3) is 5.09. The Labute approximate surface area is 143 Å². The molecule has 0 aliphatic heterocycles.